The van der Waals surface area contributed by atoms with Crippen molar-refractivity contribution in [2.75, 3.05) is 7.11 Å². The summed E-state index contributed by atoms with van der Waals surface area (Å²) in [6, 6.07) is 11.3. The predicted molar refractivity (Wildman–Crippen MR) is 90.8 cm³/mol. The summed E-state index contributed by atoms with van der Waals surface area (Å²) in [6.07, 6.45) is 1.45. The molecule has 0 radical (unpaired) electrons. The molecule has 0 saturated carbocycles. The van der Waals surface area contributed by atoms with Gasteiger partial charge in [0, 0.05) is 11.9 Å². The Morgan fingerprint density at radius 2 is 1.83 bits per heavy atom. The highest BCUT2D eigenvalue weighted by Crippen LogP contribution is 2.28. The maximum absolute atomic E-state index is 12.1. The highest BCUT2D eigenvalue weighted by Gasteiger charge is 2.12. The van der Waals surface area contributed by atoms with E-state index in [1.54, 1.807) is 42.5 Å². The molecule has 1 N–H and O–H groups in total. The molecule has 124 valence electrons. The van der Waals surface area contributed by atoms with E-state index in [1.165, 1.54) is 20.2 Å². The Balaban J connectivity index is 2.15. The fourth-order valence-electron chi connectivity index (χ4n) is 1.79. The minimum atomic E-state index is -0.523. The second-order valence-corrected chi connectivity index (χ2v) is 5.17. The monoisotopic (exact) mass is 346 g/mol. The van der Waals surface area contributed by atoms with Crippen LogP contribution in [0.2, 0.25) is 5.02 Å². The van der Waals surface area contributed by atoms with Crippen LogP contribution in [0.25, 0.3) is 0 Å². The molecule has 2 aromatic rings. The average molecular weight is 347 g/mol. The summed E-state index contributed by atoms with van der Waals surface area (Å²) in [7, 11) is 1.46. The summed E-state index contributed by atoms with van der Waals surface area (Å²) in [5.41, 5.74) is 3.34. The summed E-state index contributed by atoms with van der Waals surface area (Å²) in [5.74, 6) is -0.158. The van der Waals surface area contributed by atoms with E-state index >= 15 is 0 Å². The topological polar surface area (TPSA) is 77.0 Å². The number of rotatable bonds is 5. The Morgan fingerprint density at radius 1 is 1.12 bits per heavy atom. The maximum Gasteiger partial charge on any atom is 0.343 e. The number of hydrazone groups is 1. The molecule has 1 amide bonds. The second kappa shape index (κ2) is 8.12. The van der Waals surface area contributed by atoms with Gasteiger partial charge in [-0.15, -0.1) is 0 Å². The number of ether oxygens (including phenoxy) is 2. The molecule has 2 aromatic carbocycles. The molecule has 0 bridgehead atoms. The molecule has 0 aromatic heterocycles. The van der Waals surface area contributed by atoms with Crippen LogP contribution < -0.4 is 14.9 Å². The molecule has 0 heterocycles. The van der Waals surface area contributed by atoms with E-state index in [0.717, 1.165) is 0 Å². The van der Waals surface area contributed by atoms with Gasteiger partial charge in [0.15, 0.2) is 11.5 Å². The van der Waals surface area contributed by atoms with Gasteiger partial charge in [0.25, 0.3) is 0 Å². The fraction of sp³-hybridized carbons (Fsp3) is 0.118. The first-order valence-corrected chi connectivity index (χ1v) is 7.33. The average Bonchev–Trinajstić information content (AvgIpc) is 2.56. The van der Waals surface area contributed by atoms with Crippen molar-refractivity contribution in [1.82, 2.24) is 5.43 Å². The van der Waals surface area contributed by atoms with Gasteiger partial charge in [0.2, 0.25) is 5.91 Å². The van der Waals surface area contributed by atoms with Crippen LogP contribution in [0.3, 0.4) is 0 Å². The maximum atomic E-state index is 12.1. The lowest BCUT2D eigenvalue weighted by molar-refractivity contribution is -0.118. The van der Waals surface area contributed by atoms with Crippen LogP contribution >= 0.6 is 11.6 Å². The standard InChI is InChI=1S/C17H15ClN2O4/c1-11(21)20-19-10-12-3-8-15(16(9-12)23-2)24-17(22)13-4-6-14(18)7-5-13/h3-10H,1-2H3,(H,20,21). The molecule has 0 unspecified atom stereocenters. The molecule has 0 aliphatic heterocycles. The summed E-state index contributed by atoms with van der Waals surface area (Å²) in [6.45, 7) is 1.36. The van der Waals surface area contributed by atoms with Gasteiger partial charge in [0.05, 0.1) is 18.9 Å². The van der Waals surface area contributed by atoms with Crippen molar-refractivity contribution in [2.24, 2.45) is 5.10 Å². The number of hydrogen-bond acceptors (Lipinski definition) is 5. The van der Waals surface area contributed by atoms with E-state index in [4.69, 9.17) is 21.1 Å². The summed E-state index contributed by atoms with van der Waals surface area (Å²) < 4.78 is 10.6. The molecule has 0 atom stereocenters. The predicted octanol–water partition coefficient (Wildman–Crippen LogP) is 3.04. The largest absolute Gasteiger partial charge is 0.493 e. The summed E-state index contributed by atoms with van der Waals surface area (Å²) in [5, 5.41) is 4.30. The number of carbonyl (C=O) groups is 2. The molecule has 0 aliphatic carbocycles. The van der Waals surface area contributed by atoms with Crippen molar-refractivity contribution < 1.29 is 19.1 Å². The van der Waals surface area contributed by atoms with Crippen molar-refractivity contribution in [2.45, 2.75) is 6.92 Å². The van der Waals surface area contributed by atoms with Gasteiger partial charge in [-0.3, -0.25) is 4.79 Å². The van der Waals surface area contributed by atoms with Gasteiger partial charge in [-0.05, 0) is 48.0 Å². The number of hydrogen-bond donors (Lipinski definition) is 1. The molecule has 24 heavy (non-hydrogen) atoms. The first-order chi connectivity index (χ1) is 11.5. The molecule has 0 spiro atoms. The van der Waals surface area contributed by atoms with Crippen molar-refractivity contribution in [3.05, 3.63) is 58.6 Å². The van der Waals surface area contributed by atoms with Crippen LogP contribution in [-0.4, -0.2) is 25.2 Å². The second-order valence-electron chi connectivity index (χ2n) is 4.73. The van der Waals surface area contributed by atoms with Crippen LogP contribution in [0.15, 0.2) is 47.6 Å². The lowest BCUT2D eigenvalue weighted by atomic mass is 10.2. The smallest absolute Gasteiger partial charge is 0.343 e. The van der Waals surface area contributed by atoms with Crippen LogP contribution in [0, 0.1) is 0 Å². The first-order valence-electron chi connectivity index (χ1n) is 6.95. The van der Waals surface area contributed by atoms with Crippen LogP contribution in [-0.2, 0) is 4.79 Å². The highest BCUT2D eigenvalue weighted by atomic mass is 35.5. The number of carbonyl (C=O) groups excluding carboxylic acids is 2. The first kappa shape index (κ1) is 17.5. The number of benzene rings is 2. The van der Waals surface area contributed by atoms with E-state index in [-0.39, 0.29) is 11.7 Å². The SMILES string of the molecule is COc1cc(C=NNC(C)=O)ccc1OC(=O)c1ccc(Cl)cc1. The Labute approximate surface area is 144 Å². The Morgan fingerprint density at radius 3 is 2.46 bits per heavy atom. The van der Waals surface area contributed by atoms with Gasteiger partial charge in [0.1, 0.15) is 0 Å². The molecule has 0 saturated heterocycles. The van der Waals surface area contributed by atoms with Gasteiger partial charge in [-0.2, -0.15) is 5.10 Å². The van der Waals surface area contributed by atoms with Crippen LogP contribution in [0.1, 0.15) is 22.8 Å². The van der Waals surface area contributed by atoms with Gasteiger partial charge >= 0.3 is 5.97 Å². The zero-order chi connectivity index (χ0) is 17.5. The van der Waals surface area contributed by atoms with E-state index in [2.05, 4.69) is 10.5 Å². The highest BCUT2D eigenvalue weighted by molar-refractivity contribution is 6.30. The van der Waals surface area contributed by atoms with Crippen molar-refractivity contribution in [3.63, 3.8) is 0 Å². The zero-order valence-corrected chi connectivity index (χ0v) is 13.8. The summed E-state index contributed by atoms with van der Waals surface area (Å²) >= 11 is 5.79. The Kier molecular flexibility index (Phi) is 5.92. The number of esters is 1. The van der Waals surface area contributed by atoms with E-state index in [0.29, 0.717) is 21.9 Å². The van der Waals surface area contributed by atoms with E-state index < -0.39 is 5.97 Å². The number of nitrogens with one attached hydrogen (secondary N) is 1. The molecule has 6 nitrogen and oxygen atoms in total. The molecule has 2 rings (SSSR count). The minimum Gasteiger partial charge on any atom is -0.493 e. The zero-order valence-electron chi connectivity index (χ0n) is 13.1. The third kappa shape index (κ3) is 4.82. The van der Waals surface area contributed by atoms with E-state index in [9.17, 15) is 9.59 Å². The molecular formula is C17H15ClN2O4. The number of halogens is 1. The molecule has 0 aliphatic rings. The lowest BCUT2D eigenvalue weighted by Gasteiger charge is -2.10. The minimum absolute atomic E-state index is 0.272. The third-order valence-electron chi connectivity index (χ3n) is 2.91. The van der Waals surface area contributed by atoms with Gasteiger partial charge in [-0.1, -0.05) is 11.6 Å². The third-order valence-corrected chi connectivity index (χ3v) is 3.16. The molecule has 7 heteroatoms. The van der Waals surface area contributed by atoms with Gasteiger partial charge < -0.3 is 9.47 Å². The van der Waals surface area contributed by atoms with Gasteiger partial charge in [-0.25, -0.2) is 10.2 Å². The van der Waals surface area contributed by atoms with E-state index in [1.807, 2.05) is 0 Å². The Bertz CT molecular complexity index is 773. The van der Waals surface area contributed by atoms with Crippen LogP contribution in [0.5, 0.6) is 11.5 Å². The normalized spacial score (nSPS) is 10.5. The van der Waals surface area contributed by atoms with Crippen molar-refractivity contribution in [1.29, 1.82) is 0 Å². The summed E-state index contributed by atoms with van der Waals surface area (Å²) in [4.78, 5) is 22.9. The number of nitrogens with zero attached hydrogens (tertiary/aromatic N) is 1. The lowest BCUT2D eigenvalue weighted by Crippen LogP contribution is -2.12. The number of amides is 1. The Hall–Kier alpha value is -2.86. The molecule has 0 fully saturated rings. The molecular weight excluding hydrogens is 332 g/mol. The number of methoxy groups -OCH3 is 1. The van der Waals surface area contributed by atoms with Crippen molar-refractivity contribution in [3.8, 4) is 11.5 Å². The fourth-order valence-corrected chi connectivity index (χ4v) is 1.92. The van der Waals surface area contributed by atoms with Crippen LogP contribution in [0.4, 0.5) is 0 Å². The van der Waals surface area contributed by atoms with Crippen molar-refractivity contribution >= 4 is 29.7 Å². The quantitative estimate of drug-likeness (QED) is 0.391.